The molecule has 122 valence electrons. The molecule has 2 aromatic carbocycles. The Morgan fingerprint density at radius 2 is 1.87 bits per heavy atom. The third kappa shape index (κ3) is 3.25. The van der Waals surface area contributed by atoms with Gasteiger partial charge in [0.05, 0.1) is 7.11 Å². The van der Waals surface area contributed by atoms with Crippen LogP contribution in [0.5, 0.6) is 5.75 Å². The molecule has 0 saturated heterocycles. The van der Waals surface area contributed by atoms with Crippen LogP contribution in [0.25, 0.3) is 0 Å². The minimum absolute atomic E-state index is 0.203. The second-order valence-corrected chi connectivity index (χ2v) is 7.99. The summed E-state index contributed by atoms with van der Waals surface area (Å²) in [6.45, 7) is 7.95. The lowest BCUT2D eigenvalue weighted by molar-refractivity contribution is 0.393. The van der Waals surface area contributed by atoms with Gasteiger partial charge in [0.25, 0.3) is 0 Å². The van der Waals surface area contributed by atoms with Crippen molar-refractivity contribution in [2.24, 2.45) is 0 Å². The van der Waals surface area contributed by atoms with E-state index in [1.54, 1.807) is 7.11 Å². The fraction of sp³-hybridized carbons (Fsp3) is 0.400. The van der Waals surface area contributed by atoms with Gasteiger partial charge in [-0.05, 0) is 60.2 Å². The maximum absolute atomic E-state index is 5.26. The predicted molar refractivity (Wildman–Crippen MR) is 100 cm³/mol. The summed E-state index contributed by atoms with van der Waals surface area (Å²) in [6, 6.07) is 15.6. The van der Waals surface area contributed by atoms with Gasteiger partial charge in [0.1, 0.15) is 5.75 Å². The minimum atomic E-state index is 0.203. The Balaban J connectivity index is 1.95. The van der Waals surface area contributed by atoms with Gasteiger partial charge in [-0.15, -0.1) is 0 Å². The van der Waals surface area contributed by atoms with Crippen molar-refractivity contribution in [2.75, 3.05) is 12.0 Å². The van der Waals surface area contributed by atoms with Crippen LogP contribution in [0.1, 0.15) is 38.3 Å². The van der Waals surface area contributed by atoms with Crippen LogP contribution in [0, 0.1) is 0 Å². The monoisotopic (exact) mass is 373 g/mol. The third-order valence-electron chi connectivity index (χ3n) is 4.85. The van der Waals surface area contributed by atoms with Crippen molar-refractivity contribution >= 4 is 21.6 Å². The van der Waals surface area contributed by atoms with Crippen molar-refractivity contribution in [3.63, 3.8) is 0 Å². The van der Waals surface area contributed by atoms with Gasteiger partial charge in [-0.25, -0.2) is 0 Å². The van der Waals surface area contributed by atoms with Gasteiger partial charge >= 0.3 is 0 Å². The number of halogens is 1. The normalized spacial score (nSPS) is 19.3. The minimum Gasteiger partial charge on any atom is -0.497 e. The van der Waals surface area contributed by atoms with E-state index in [9.17, 15) is 0 Å². The lowest BCUT2D eigenvalue weighted by Gasteiger charge is -2.45. The molecule has 1 unspecified atom stereocenters. The molecule has 1 atom stereocenters. The van der Waals surface area contributed by atoms with Crippen molar-refractivity contribution in [1.82, 2.24) is 0 Å². The van der Waals surface area contributed by atoms with Gasteiger partial charge in [-0.1, -0.05) is 41.9 Å². The number of fused-ring (bicyclic) bond motifs is 1. The fourth-order valence-electron chi connectivity index (χ4n) is 3.67. The van der Waals surface area contributed by atoms with Crippen molar-refractivity contribution in [3.8, 4) is 5.75 Å². The Kier molecular flexibility index (Phi) is 4.41. The number of nitrogens with zero attached hydrogens (tertiary/aromatic N) is 1. The number of ether oxygens (including phenoxy) is 1. The zero-order chi connectivity index (χ0) is 16.6. The second-order valence-electron chi connectivity index (χ2n) is 7.07. The van der Waals surface area contributed by atoms with E-state index in [1.165, 1.54) is 16.8 Å². The maximum Gasteiger partial charge on any atom is 0.118 e. The summed E-state index contributed by atoms with van der Waals surface area (Å²) < 4.78 is 6.41. The van der Waals surface area contributed by atoms with E-state index in [0.717, 1.165) is 23.2 Å². The summed E-state index contributed by atoms with van der Waals surface area (Å²) in [7, 11) is 1.71. The van der Waals surface area contributed by atoms with Crippen LogP contribution < -0.4 is 9.64 Å². The highest BCUT2D eigenvalue weighted by molar-refractivity contribution is 9.10. The largest absolute Gasteiger partial charge is 0.497 e. The van der Waals surface area contributed by atoms with E-state index in [4.69, 9.17) is 4.74 Å². The Labute approximate surface area is 147 Å². The first-order valence-corrected chi connectivity index (χ1v) is 8.89. The summed E-state index contributed by atoms with van der Waals surface area (Å²) in [5.74, 6) is 0.908. The molecule has 0 saturated carbocycles. The molecule has 0 spiro atoms. The lowest BCUT2D eigenvalue weighted by atomic mass is 9.75. The molecule has 1 aliphatic heterocycles. The highest BCUT2D eigenvalue weighted by Gasteiger charge is 2.35. The van der Waals surface area contributed by atoms with Crippen molar-refractivity contribution < 1.29 is 4.74 Å². The number of rotatable bonds is 3. The predicted octanol–water partition coefficient (Wildman–Crippen LogP) is 5.53. The number of hydrogen-bond acceptors (Lipinski definition) is 2. The second kappa shape index (κ2) is 6.20. The van der Waals surface area contributed by atoms with Crippen molar-refractivity contribution in [1.29, 1.82) is 0 Å². The van der Waals surface area contributed by atoms with Crippen LogP contribution in [0.15, 0.2) is 46.9 Å². The van der Waals surface area contributed by atoms with Gasteiger partial charge in [0.2, 0.25) is 0 Å². The van der Waals surface area contributed by atoms with E-state index in [-0.39, 0.29) is 5.41 Å². The molecular weight excluding hydrogens is 350 g/mol. The summed E-state index contributed by atoms with van der Waals surface area (Å²) in [6.07, 6.45) is 1.16. The first-order valence-electron chi connectivity index (χ1n) is 8.10. The zero-order valence-corrected chi connectivity index (χ0v) is 15.9. The Morgan fingerprint density at radius 3 is 2.52 bits per heavy atom. The van der Waals surface area contributed by atoms with E-state index in [2.05, 4.69) is 71.9 Å². The molecule has 0 amide bonds. The molecule has 1 aliphatic rings. The molecule has 23 heavy (non-hydrogen) atoms. The SMILES string of the molecule is COc1ccc(CN2c3ccc(Br)cc3C(C)(C)CC2C)cc1. The summed E-state index contributed by atoms with van der Waals surface area (Å²) >= 11 is 3.63. The molecule has 2 aromatic rings. The lowest BCUT2D eigenvalue weighted by Crippen LogP contribution is -2.43. The molecule has 0 bridgehead atoms. The molecule has 0 aliphatic carbocycles. The maximum atomic E-state index is 5.26. The van der Waals surface area contributed by atoms with Gasteiger partial charge in [0, 0.05) is 22.7 Å². The quantitative estimate of drug-likeness (QED) is 0.700. The van der Waals surface area contributed by atoms with Gasteiger partial charge < -0.3 is 9.64 Å². The Bertz CT molecular complexity index is 693. The topological polar surface area (TPSA) is 12.5 Å². The fourth-order valence-corrected chi connectivity index (χ4v) is 4.03. The number of methoxy groups -OCH3 is 1. The molecule has 0 N–H and O–H groups in total. The number of anilines is 1. The van der Waals surface area contributed by atoms with Crippen LogP contribution in [-0.2, 0) is 12.0 Å². The molecule has 2 nitrogen and oxygen atoms in total. The first kappa shape index (κ1) is 16.4. The molecule has 3 rings (SSSR count). The molecule has 0 aromatic heterocycles. The summed E-state index contributed by atoms with van der Waals surface area (Å²) in [4.78, 5) is 2.52. The average Bonchev–Trinajstić information content (AvgIpc) is 2.52. The Hall–Kier alpha value is -1.48. The third-order valence-corrected chi connectivity index (χ3v) is 5.34. The Morgan fingerprint density at radius 1 is 1.17 bits per heavy atom. The highest BCUT2D eigenvalue weighted by atomic mass is 79.9. The average molecular weight is 374 g/mol. The van der Waals surface area contributed by atoms with Gasteiger partial charge in [-0.3, -0.25) is 0 Å². The smallest absolute Gasteiger partial charge is 0.118 e. The van der Waals surface area contributed by atoms with E-state index < -0.39 is 0 Å². The standard InChI is InChI=1S/C20H24BrNO/c1-14-12-20(2,3)18-11-16(21)7-10-19(18)22(14)13-15-5-8-17(23-4)9-6-15/h5-11,14H,12-13H2,1-4H3. The molecular formula is C20H24BrNO. The van der Waals surface area contributed by atoms with E-state index >= 15 is 0 Å². The molecule has 3 heteroatoms. The van der Waals surface area contributed by atoms with Crippen LogP contribution in [0.4, 0.5) is 5.69 Å². The number of benzene rings is 2. The molecule has 0 fully saturated rings. The van der Waals surface area contributed by atoms with Crippen molar-refractivity contribution in [3.05, 3.63) is 58.1 Å². The highest BCUT2D eigenvalue weighted by Crippen LogP contribution is 2.44. The number of hydrogen-bond donors (Lipinski definition) is 0. The van der Waals surface area contributed by atoms with E-state index in [1.807, 2.05) is 12.1 Å². The van der Waals surface area contributed by atoms with E-state index in [0.29, 0.717) is 6.04 Å². The van der Waals surface area contributed by atoms with Crippen LogP contribution in [-0.4, -0.2) is 13.2 Å². The molecule has 0 radical (unpaired) electrons. The van der Waals surface area contributed by atoms with Gasteiger partial charge in [0.15, 0.2) is 0 Å². The summed E-state index contributed by atoms with van der Waals surface area (Å²) in [5, 5.41) is 0. The van der Waals surface area contributed by atoms with Crippen molar-refractivity contribution in [2.45, 2.75) is 45.2 Å². The molecule has 1 heterocycles. The van der Waals surface area contributed by atoms with Crippen LogP contribution in [0.2, 0.25) is 0 Å². The summed E-state index contributed by atoms with van der Waals surface area (Å²) in [5.41, 5.74) is 4.30. The van der Waals surface area contributed by atoms with Crippen LogP contribution in [0.3, 0.4) is 0 Å². The first-order chi connectivity index (χ1) is 10.9. The zero-order valence-electron chi connectivity index (χ0n) is 14.3. The van der Waals surface area contributed by atoms with Gasteiger partial charge in [-0.2, -0.15) is 0 Å². The van der Waals surface area contributed by atoms with Crippen LogP contribution >= 0.6 is 15.9 Å².